The molecule has 1 aromatic rings. The number of amides is 1. The zero-order valence-corrected chi connectivity index (χ0v) is 11.2. The molecule has 0 aliphatic carbocycles. The first-order valence-corrected chi connectivity index (χ1v) is 6.43. The number of hydrogen-bond donors (Lipinski definition) is 2. The molecule has 0 aromatic heterocycles. The lowest BCUT2D eigenvalue weighted by Crippen LogP contribution is -2.45. The van der Waals surface area contributed by atoms with Gasteiger partial charge in [-0.15, -0.1) is 0 Å². The summed E-state index contributed by atoms with van der Waals surface area (Å²) in [5.41, 5.74) is 6.43. The van der Waals surface area contributed by atoms with Gasteiger partial charge in [-0.3, -0.25) is 4.79 Å². The van der Waals surface area contributed by atoms with Crippen LogP contribution in [0.15, 0.2) is 12.1 Å². The Balaban J connectivity index is 2.25. The summed E-state index contributed by atoms with van der Waals surface area (Å²) >= 11 is 0. The summed E-state index contributed by atoms with van der Waals surface area (Å²) in [5, 5.41) is 9.66. The van der Waals surface area contributed by atoms with Crippen LogP contribution in [-0.2, 0) is 0 Å². The van der Waals surface area contributed by atoms with Crippen molar-refractivity contribution >= 4 is 11.6 Å². The van der Waals surface area contributed by atoms with Gasteiger partial charge in [0.05, 0.1) is 11.7 Å². The van der Waals surface area contributed by atoms with Crippen molar-refractivity contribution in [3.63, 3.8) is 0 Å². The van der Waals surface area contributed by atoms with E-state index in [0.29, 0.717) is 30.8 Å². The molecule has 0 radical (unpaired) electrons. The lowest BCUT2D eigenvalue weighted by atomic mass is 9.96. The number of nitrogen functional groups attached to an aromatic ring is 1. The van der Waals surface area contributed by atoms with Crippen LogP contribution in [0, 0.1) is 18.7 Å². The minimum atomic E-state index is -0.516. The van der Waals surface area contributed by atoms with Gasteiger partial charge in [-0.05, 0) is 37.0 Å². The van der Waals surface area contributed by atoms with Crippen molar-refractivity contribution in [3.8, 4) is 0 Å². The molecular weight excluding hydrogens is 247 g/mol. The van der Waals surface area contributed by atoms with E-state index < -0.39 is 11.9 Å². The Morgan fingerprint density at radius 2 is 2.21 bits per heavy atom. The van der Waals surface area contributed by atoms with Crippen LogP contribution in [0.25, 0.3) is 0 Å². The lowest BCUT2D eigenvalue weighted by molar-refractivity contribution is 0.0295. The van der Waals surface area contributed by atoms with Crippen molar-refractivity contribution < 1.29 is 14.3 Å². The maximum Gasteiger partial charge on any atom is 0.256 e. The van der Waals surface area contributed by atoms with Gasteiger partial charge in [0, 0.05) is 18.8 Å². The first-order chi connectivity index (χ1) is 8.90. The highest BCUT2D eigenvalue weighted by molar-refractivity contribution is 5.95. The third-order valence-electron chi connectivity index (χ3n) is 3.65. The molecule has 19 heavy (non-hydrogen) atoms. The van der Waals surface area contributed by atoms with Crippen LogP contribution in [0.1, 0.15) is 29.3 Å². The highest BCUT2D eigenvalue weighted by Gasteiger charge is 2.29. The van der Waals surface area contributed by atoms with Gasteiger partial charge in [-0.25, -0.2) is 4.39 Å². The number of hydrogen-bond acceptors (Lipinski definition) is 3. The Kier molecular flexibility index (Phi) is 3.75. The molecule has 1 heterocycles. The minimum absolute atomic E-state index is 0.00270. The predicted octanol–water partition coefficient (Wildman–Crippen LogP) is 1.56. The van der Waals surface area contributed by atoms with E-state index in [1.165, 1.54) is 12.1 Å². The van der Waals surface area contributed by atoms with Crippen molar-refractivity contribution in [1.29, 1.82) is 0 Å². The van der Waals surface area contributed by atoms with E-state index in [1.54, 1.807) is 11.8 Å². The van der Waals surface area contributed by atoms with Crippen LogP contribution in [0.2, 0.25) is 0 Å². The van der Waals surface area contributed by atoms with Crippen LogP contribution in [-0.4, -0.2) is 35.1 Å². The maximum atomic E-state index is 14.0. The van der Waals surface area contributed by atoms with Crippen LogP contribution in [0.5, 0.6) is 0 Å². The van der Waals surface area contributed by atoms with Gasteiger partial charge >= 0.3 is 0 Å². The van der Waals surface area contributed by atoms with Gasteiger partial charge in [-0.1, -0.05) is 6.92 Å². The van der Waals surface area contributed by atoms with E-state index in [2.05, 4.69) is 0 Å². The van der Waals surface area contributed by atoms with Crippen LogP contribution < -0.4 is 5.73 Å². The lowest BCUT2D eigenvalue weighted by Gasteiger charge is -2.34. The van der Waals surface area contributed by atoms with E-state index in [9.17, 15) is 14.3 Å². The van der Waals surface area contributed by atoms with Crippen molar-refractivity contribution in [2.75, 3.05) is 18.8 Å². The van der Waals surface area contributed by atoms with Crippen molar-refractivity contribution in [3.05, 3.63) is 29.1 Å². The molecule has 0 bridgehead atoms. The fourth-order valence-electron chi connectivity index (χ4n) is 2.44. The zero-order valence-electron chi connectivity index (χ0n) is 11.2. The second-order valence-corrected chi connectivity index (χ2v) is 5.28. The van der Waals surface area contributed by atoms with Crippen LogP contribution >= 0.6 is 0 Å². The third kappa shape index (κ3) is 2.71. The molecule has 0 spiro atoms. The molecule has 104 valence electrons. The highest BCUT2D eigenvalue weighted by atomic mass is 19.1. The summed E-state index contributed by atoms with van der Waals surface area (Å²) < 4.78 is 14.0. The highest BCUT2D eigenvalue weighted by Crippen LogP contribution is 2.22. The molecule has 3 N–H and O–H groups in total. The Morgan fingerprint density at radius 3 is 2.84 bits per heavy atom. The number of nitrogens with two attached hydrogens (primary N) is 1. The Morgan fingerprint density at radius 1 is 1.53 bits per heavy atom. The number of aliphatic hydroxyl groups excluding tert-OH is 1. The van der Waals surface area contributed by atoms with E-state index >= 15 is 0 Å². The van der Waals surface area contributed by atoms with Gasteiger partial charge < -0.3 is 15.7 Å². The molecule has 1 fully saturated rings. The number of halogens is 1. The summed E-state index contributed by atoms with van der Waals surface area (Å²) in [6.07, 6.45) is 0.131. The zero-order chi connectivity index (χ0) is 14.2. The summed E-state index contributed by atoms with van der Waals surface area (Å²) in [6.45, 7) is 4.35. The number of benzene rings is 1. The summed E-state index contributed by atoms with van der Waals surface area (Å²) in [5.74, 6) is -0.868. The molecule has 2 atom stereocenters. The van der Waals surface area contributed by atoms with E-state index in [-0.39, 0.29) is 17.4 Å². The molecular formula is C14H19FN2O2. The number of aryl methyl sites for hydroxylation is 1. The average Bonchev–Trinajstić information content (AvgIpc) is 2.36. The standard InChI is InChI=1S/C14H19FN2O2/c1-8-5-10(16)6-11(13(8)15)14(19)17-4-3-12(18)9(2)7-17/h5-6,9,12,18H,3-4,7,16H2,1-2H3. The fourth-order valence-corrected chi connectivity index (χ4v) is 2.44. The summed E-state index contributed by atoms with van der Waals surface area (Å²) in [7, 11) is 0. The third-order valence-corrected chi connectivity index (χ3v) is 3.65. The SMILES string of the molecule is Cc1cc(N)cc(C(=O)N2CCC(O)C(C)C2)c1F. The Labute approximate surface area is 112 Å². The number of anilines is 1. The average molecular weight is 266 g/mol. The molecule has 5 heteroatoms. The molecule has 1 aliphatic heterocycles. The largest absolute Gasteiger partial charge is 0.399 e. The summed E-state index contributed by atoms with van der Waals surface area (Å²) in [6, 6.07) is 2.88. The number of aliphatic hydroxyl groups is 1. The molecule has 0 saturated carbocycles. The van der Waals surface area contributed by atoms with Gasteiger partial charge in [0.2, 0.25) is 0 Å². The second kappa shape index (κ2) is 5.17. The fraction of sp³-hybridized carbons (Fsp3) is 0.500. The van der Waals surface area contributed by atoms with Crippen molar-refractivity contribution in [2.24, 2.45) is 5.92 Å². The van der Waals surface area contributed by atoms with Gasteiger partial charge in [-0.2, -0.15) is 0 Å². The van der Waals surface area contributed by atoms with Crippen LogP contribution in [0.4, 0.5) is 10.1 Å². The first-order valence-electron chi connectivity index (χ1n) is 6.43. The smallest absolute Gasteiger partial charge is 0.256 e. The molecule has 2 rings (SSSR count). The quantitative estimate of drug-likeness (QED) is 0.758. The topological polar surface area (TPSA) is 66.6 Å². The van der Waals surface area contributed by atoms with Gasteiger partial charge in [0.25, 0.3) is 5.91 Å². The number of likely N-dealkylation sites (tertiary alicyclic amines) is 1. The normalized spacial score (nSPS) is 23.5. The molecule has 1 saturated heterocycles. The molecule has 1 aliphatic rings. The number of rotatable bonds is 1. The monoisotopic (exact) mass is 266 g/mol. The molecule has 4 nitrogen and oxygen atoms in total. The van der Waals surface area contributed by atoms with Crippen molar-refractivity contribution in [2.45, 2.75) is 26.4 Å². The number of piperidine rings is 1. The number of nitrogens with zero attached hydrogens (tertiary/aromatic N) is 1. The predicted molar refractivity (Wildman–Crippen MR) is 71.2 cm³/mol. The second-order valence-electron chi connectivity index (χ2n) is 5.28. The van der Waals surface area contributed by atoms with E-state index in [1.807, 2.05) is 6.92 Å². The Hall–Kier alpha value is -1.62. The summed E-state index contributed by atoms with van der Waals surface area (Å²) in [4.78, 5) is 13.9. The molecule has 1 aromatic carbocycles. The molecule has 2 unspecified atom stereocenters. The van der Waals surface area contributed by atoms with E-state index in [0.717, 1.165) is 0 Å². The number of carbonyl (C=O) groups excluding carboxylic acids is 1. The molecule has 1 amide bonds. The van der Waals surface area contributed by atoms with Gasteiger partial charge in [0.1, 0.15) is 5.82 Å². The van der Waals surface area contributed by atoms with E-state index in [4.69, 9.17) is 5.73 Å². The number of carbonyl (C=O) groups is 1. The first kappa shape index (κ1) is 13.8. The maximum absolute atomic E-state index is 14.0. The van der Waals surface area contributed by atoms with Gasteiger partial charge in [0.15, 0.2) is 0 Å². The Bertz CT molecular complexity index is 504. The minimum Gasteiger partial charge on any atom is -0.399 e. The van der Waals surface area contributed by atoms with Crippen molar-refractivity contribution in [1.82, 2.24) is 4.90 Å². The van der Waals surface area contributed by atoms with Crippen LogP contribution in [0.3, 0.4) is 0 Å².